The molecule has 0 fully saturated rings. The van der Waals surface area contributed by atoms with Crippen LogP contribution in [0, 0.1) is 0 Å². The summed E-state index contributed by atoms with van der Waals surface area (Å²) in [4.78, 5) is 7.28. The predicted molar refractivity (Wildman–Crippen MR) is 215 cm³/mol. The SMILES string of the molecule is c1ccc(-c2ccc(N(c3ccc(-c4cccc5nc(-c6cccc7ccccc67)oc45)cc3)c3ccc4c(c3)sc3ccccc34)cc2)cc1. The quantitative estimate of drug-likeness (QED) is 0.176. The highest BCUT2D eigenvalue weighted by Crippen LogP contribution is 2.42. The smallest absolute Gasteiger partial charge is 0.227 e. The molecule has 0 radical (unpaired) electrons. The predicted octanol–water partition coefficient (Wildman–Crippen LogP) is 13.8. The van der Waals surface area contributed by atoms with E-state index in [1.54, 1.807) is 0 Å². The highest BCUT2D eigenvalue weighted by atomic mass is 32.1. The molecule has 240 valence electrons. The molecule has 0 spiro atoms. The second-order valence-electron chi connectivity index (χ2n) is 12.8. The maximum Gasteiger partial charge on any atom is 0.227 e. The summed E-state index contributed by atoms with van der Waals surface area (Å²) < 4.78 is 9.13. The molecule has 0 saturated carbocycles. The minimum absolute atomic E-state index is 0.632. The Balaban J connectivity index is 1.06. The van der Waals surface area contributed by atoms with E-state index in [0.717, 1.165) is 50.2 Å². The lowest BCUT2D eigenvalue weighted by atomic mass is 10.0. The molecule has 0 saturated heterocycles. The normalized spacial score (nSPS) is 11.5. The average molecular weight is 671 g/mol. The van der Waals surface area contributed by atoms with E-state index in [-0.39, 0.29) is 0 Å². The second-order valence-corrected chi connectivity index (χ2v) is 13.9. The summed E-state index contributed by atoms with van der Waals surface area (Å²) >= 11 is 1.84. The molecule has 0 bridgehead atoms. The Morgan fingerprint density at radius 2 is 1.04 bits per heavy atom. The van der Waals surface area contributed by atoms with Gasteiger partial charge in [0.25, 0.3) is 0 Å². The molecule has 51 heavy (non-hydrogen) atoms. The van der Waals surface area contributed by atoms with Crippen molar-refractivity contribution in [3.05, 3.63) is 182 Å². The number of thiophene rings is 1. The summed E-state index contributed by atoms with van der Waals surface area (Å²) in [5.41, 5.74) is 10.4. The highest BCUT2D eigenvalue weighted by Gasteiger charge is 2.18. The molecule has 4 heteroatoms. The van der Waals surface area contributed by atoms with Crippen LogP contribution in [0.5, 0.6) is 0 Å². The van der Waals surface area contributed by atoms with Crippen LogP contribution < -0.4 is 4.90 Å². The Kier molecular flexibility index (Phi) is 7.00. The van der Waals surface area contributed by atoms with Gasteiger partial charge in [0.2, 0.25) is 5.89 Å². The number of anilines is 3. The van der Waals surface area contributed by atoms with Crippen molar-refractivity contribution in [2.24, 2.45) is 0 Å². The van der Waals surface area contributed by atoms with Gasteiger partial charge in [-0.3, -0.25) is 0 Å². The van der Waals surface area contributed by atoms with Gasteiger partial charge in [0, 0.05) is 48.4 Å². The topological polar surface area (TPSA) is 29.3 Å². The molecule has 3 nitrogen and oxygen atoms in total. The maximum absolute atomic E-state index is 6.56. The van der Waals surface area contributed by atoms with Gasteiger partial charge in [0.05, 0.1) is 0 Å². The van der Waals surface area contributed by atoms with Crippen LogP contribution in [0.3, 0.4) is 0 Å². The Morgan fingerprint density at radius 3 is 1.86 bits per heavy atom. The fraction of sp³-hybridized carbons (Fsp3) is 0. The van der Waals surface area contributed by atoms with Gasteiger partial charge in [0.1, 0.15) is 5.52 Å². The van der Waals surface area contributed by atoms with E-state index in [1.165, 1.54) is 36.7 Å². The average Bonchev–Trinajstić information content (AvgIpc) is 3.80. The van der Waals surface area contributed by atoms with Crippen molar-refractivity contribution in [2.45, 2.75) is 0 Å². The first-order chi connectivity index (χ1) is 25.3. The molecular weight excluding hydrogens is 641 g/mol. The van der Waals surface area contributed by atoms with E-state index in [2.05, 4.69) is 181 Å². The summed E-state index contributed by atoms with van der Waals surface area (Å²) in [6.45, 7) is 0. The number of fused-ring (bicyclic) bond motifs is 5. The van der Waals surface area contributed by atoms with Crippen molar-refractivity contribution in [1.82, 2.24) is 4.98 Å². The van der Waals surface area contributed by atoms with Gasteiger partial charge >= 0.3 is 0 Å². The molecular formula is C47H30N2OS. The zero-order valence-corrected chi connectivity index (χ0v) is 28.3. The van der Waals surface area contributed by atoms with Crippen LogP contribution in [-0.2, 0) is 0 Å². The van der Waals surface area contributed by atoms with Gasteiger partial charge in [-0.1, -0.05) is 127 Å². The molecule has 2 aromatic heterocycles. The first kappa shape index (κ1) is 29.4. The number of aromatic nitrogens is 1. The molecule has 0 atom stereocenters. The van der Waals surface area contributed by atoms with Crippen molar-refractivity contribution in [1.29, 1.82) is 0 Å². The van der Waals surface area contributed by atoms with Crippen LogP contribution in [0.2, 0.25) is 0 Å². The molecule has 0 N–H and O–H groups in total. The molecule has 0 amide bonds. The Morgan fingerprint density at radius 1 is 0.431 bits per heavy atom. The van der Waals surface area contributed by atoms with Crippen LogP contribution in [0.15, 0.2) is 186 Å². The summed E-state index contributed by atoms with van der Waals surface area (Å²) in [7, 11) is 0. The van der Waals surface area contributed by atoms with Crippen molar-refractivity contribution in [2.75, 3.05) is 4.90 Å². The number of para-hydroxylation sites is 1. The van der Waals surface area contributed by atoms with Crippen LogP contribution in [0.25, 0.3) is 75.8 Å². The van der Waals surface area contributed by atoms with Gasteiger partial charge < -0.3 is 9.32 Å². The first-order valence-electron chi connectivity index (χ1n) is 17.1. The van der Waals surface area contributed by atoms with Crippen molar-refractivity contribution in [3.63, 3.8) is 0 Å². The third-order valence-corrected chi connectivity index (χ3v) is 10.9. The van der Waals surface area contributed by atoms with Gasteiger partial charge in [0.15, 0.2) is 5.58 Å². The summed E-state index contributed by atoms with van der Waals surface area (Å²) in [6, 6.07) is 64.5. The summed E-state index contributed by atoms with van der Waals surface area (Å²) in [6.07, 6.45) is 0. The highest BCUT2D eigenvalue weighted by molar-refractivity contribution is 7.25. The third kappa shape index (κ3) is 5.16. The number of oxazole rings is 1. The van der Waals surface area contributed by atoms with Crippen molar-refractivity contribution in [3.8, 4) is 33.7 Å². The molecule has 0 unspecified atom stereocenters. The van der Waals surface area contributed by atoms with E-state index in [9.17, 15) is 0 Å². The lowest BCUT2D eigenvalue weighted by molar-refractivity contribution is 0.621. The Labute approximate surface area is 299 Å². The zero-order valence-electron chi connectivity index (χ0n) is 27.5. The fourth-order valence-corrected chi connectivity index (χ4v) is 8.37. The number of rotatable bonds is 6. The van der Waals surface area contributed by atoms with E-state index >= 15 is 0 Å². The number of benzene rings is 8. The monoisotopic (exact) mass is 670 g/mol. The van der Waals surface area contributed by atoms with E-state index in [0.29, 0.717) is 5.89 Å². The molecule has 8 aromatic carbocycles. The molecule has 0 aliphatic heterocycles. The standard InChI is InChI=1S/C47H30N2OS/c1-2-10-31(11-3-1)32-20-24-35(25-21-32)49(37-28-29-41-40-15-6-7-19-44(40)51-45(41)30-37)36-26-22-34(23-27-36)39-16-9-18-43-46(39)50-47(48-43)42-17-8-13-33-12-4-5-14-38(33)42/h1-30H. The molecule has 10 rings (SSSR count). The summed E-state index contributed by atoms with van der Waals surface area (Å²) in [5, 5.41) is 4.89. The number of nitrogens with zero attached hydrogens (tertiary/aromatic N) is 2. The van der Waals surface area contributed by atoms with E-state index < -0.39 is 0 Å². The zero-order chi connectivity index (χ0) is 33.7. The van der Waals surface area contributed by atoms with Crippen molar-refractivity contribution < 1.29 is 4.42 Å². The molecule has 2 heterocycles. The Bertz CT molecular complexity index is 2850. The largest absolute Gasteiger partial charge is 0.435 e. The molecule has 0 aliphatic rings. The first-order valence-corrected chi connectivity index (χ1v) is 17.9. The second kappa shape index (κ2) is 12.1. The van der Waals surface area contributed by atoms with Crippen LogP contribution in [-0.4, -0.2) is 4.98 Å². The maximum atomic E-state index is 6.56. The van der Waals surface area contributed by atoms with Gasteiger partial charge in [-0.2, -0.15) is 0 Å². The molecule has 0 aliphatic carbocycles. The van der Waals surface area contributed by atoms with Crippen LogP contribution in [0.4, 0.5) is 17.1 Å². The minimum Gasteiger partial charge on any atom is -0.435 e. The van der Waals surface area contributed by atoms with Gasteiger partial charge in [-0.05, 0) is 82.1 Å². The Hall–Kier alpha value is -6.49. The lowest BCUT2D eigenvalue weighted by Gasteiger charge is -2.26. The van der Waals surface area contributed by atoms with Crippen LogP contribution >= 0.6 is 11.3 Å². The lowest BCUT2D eigenvalue weighted by Crippen LogP contribution is -2.09. The van der Waals surface area contributed by atoms with E-state index in [1.807, 2.05) is 17.4 Å². The number of hydrogen-bond donors (Lipinski definition) is 0. The van der Waals surface area contributed by atoms with Crippen LogP contribution in [0.1, 0.15) is 0 Å². The van der Waals surface area contributed by atoms with Gasteiger partial charge in [-0.15, -0.1) is 11.3 Å². The molecule has 10 aromatic rings. The van der Waals surface area contributed by atoms with E-state index in [4.69, 9.17) is 9.40 Å². The fourth-order valence-electron chi connectivity index (χ4n) is 7.23. The summed E-state index contributed by atoms with van der Waals surface area (Å²) in [5.74, 6) is 0.632. The number of hydrogen-bond acceptors (Lipinski definition) is 4. The minimum atomic E-state index is 0.632. The third-order valence-electron chi connectivity index (χ3n) is 9.72. The van der Waals surface area contributed by atoms with Crippen molar-refractivity contribution >= 4 is 70.4 Å². The van der Waals surface area contributed by atoms with Gasteiger partial charge in [-0.25, -0.2) is 4.98 Å².